The Morgan fingerprint density at radius 2 is 0.828 bits per heavy atom. The second-order valence-electron chi connectivity index (χ2n) is 14.6. The number of benzene rings is 8. The van der Waals surface area contributed by atoms with Gasteiger partial charge >= 0.3 is 0 Å². The molecular formula is C53H33N5. The second kappa shape index (κ2) is 13.6. The van der Waals surface area contributed by atoms with Gasteiger partial charge in [0.25, 0.3) is 0 Å². The summed E-state index contributed by atoms with van der Waals surface area (Å²) in [7, 11) is 0. The lowest BCUT2D eigenvalue weighted by molar-refractivity contribution is 0.995. The zero-order chi connectivity index (χ0) is 38.6. The van der Waals surface area contributed by atoms with E-state index in [-0.39, 0.29) is 0 Å². The number of rotatable bonds is 6. The van der Waals surface area contributed by atoms with E-state index in [0.29, 0.717) is 11.5 Å². The first kappa shape index (κ1) is 33.3. The molecule has 0 atom stereocenters. The number of hydrogen-bond donors (Lipinski definition) is 0. The molecule has 0 radical (unpaired) electrons. The molecule has 0 saturated carbocycles. The fraction of sp³-hybridized carbons (Fsp3) is 0. The first-order valence-corrected chi connectivity index (χ1v) is 19.4. The van der Waals surface area contributed by atoms with Crippen LogP contribution in [-0.4, -0.2) is 19.1 Å². The molecule has 0 aliphatic heterocycles. The molecule has 58 heavy (non-hydrogen) atoms. The topological polar surface area (TPSA) is 59.4 Å². The number of aromatic nitrogens is 4. The number of para-hydroxylation sites is 3. The van der Waals surface area contributed by atoms with Crippen LogP contribution < -0.4 is 0 Å². The van der Waals surface area contributed by atoms with Crippen molar-refractivity contribution in [3.63, 3.8) is 0 Å². The molecule has 11 aromatic rings. The van der Waals surface area contributed by atoms with Crippen molar-refractivity contribution in [1.82, 2.24) is 19.1 Å². The van der Waals surface area contributed by atoms with E-state index in [9.17, 15) is 5.26 Å². The van der Waals surface area contributed by atoms with E-state index in [4.69, 9.17) is 9.97 Å². The van der Waals surface area contributed by atoms with Crippen LogP contribution in [0.15, 0.2) is 200 Å². The van der Waals surface area contributed by atoms with Gasteiger partial charge in [0.1, 0.15) is 0 Å². The summed E-state index contributed by atoms with van der Waals surface area (Å²) in [5.41, 5.74) is 14.2. The Hall–Kier alpha value is -8.07. The number of fused-ring (bicyclic) bond motifs is 6. The maximum absolute atomic E-state index is 9.68. The minimum atomic E-state index is 0.573. The van der Waals surface area contributed by atoms with Crippen LogP contribution in [0.3, 0.4) is 0 Å². The third kappa shape index (κ3) is 5.55. The van der Waals surface area contributed by atoms with Gasteiger partial charge in [-0.3, -0.25) is 4.57 Å². The Morgan fingerprint density at radius 3 is 1.48 bits per heavy atom. The molecule has 0 spiro atoms. The fourth-order valence-corrected chi connectivity index (χ4v) is 8.44. The van der Waals surface area contributed by atoms with Crippen molar-refractivity contribution in [2.45, 2.75) is 0 Å². The summed E-state index contributed by atoms with van der Waals surface area (Å²) in [6.45, 7) is 0. The number of nitrogens with zero attached hydrogens (tertiary/aromatic N) is 5. The van der Waals surface area contributed by atoms with Crippen molar-refractivity contribution in [3.8, 4) is 62.5 Å². The first-order chi connectivity index (χ1) is 28.7. The Kier molecular flexibility index (Phi) is 7.80. The molecule has 3 aromatic heterocycles. The van der Waals surface area contributed by atoms with Gasteiger partial charge in [-0.05, 0) is 95.1 Å². The highest BCUT2D eigenvalue weighted by Crippen LogP contribution is 2.38. The lowest BCUT2D eigenvalue weighted by atomic mass is 9.97. The normalized spacial score (nSPS) is 11.4. The molecule has 0 N–H and O–H groups in total. The van der Waals surface area contributed by atoms with Gasteiger partial charge in [0.15, 0.2) is 0 Å². The summed E-state index contributed by atoms with van der Waals surface area (Å²) in [6.07, 6.45) is 0. The predicted molar refractivity (Wildman–Crippen MR) is 237 cm³/mol. The van der Waals surface area contributed by atoms with Crippen LogP contribution >= 0.6 is 0 Å². The van der Waals surface area contributed by atoms with Gasteiger partial charge in [-0.15, -0.1) is 0 Å². The molecule has 0 aliphatic carbocycles. The molecule has 5 nitrogen and oxygen atoms in total. The Bertz CT molecular complexity index is 3410. The average molecular weight is 740 g/mol. The average Bonchev–Trinajstić information content (AvgIpc) is 3.82. The summed E-state index contributed by atoms with van der Waals surface area (Å²) in [4.78, 5) is 10.4. The van der Waals surface area contributed by atoms with E-state index in [0.717, 1.165) is 66.7 Å². The van der Waals surface area contributed by atoms with Crippen molar-refractivity contribution >= 4 is 43.6 Å². The number of nitriles is 1. The third-order valence-electron chi connectivity index (χ3n) is 11.2. The molecule has 3 heterocycles. The van der Waals surface area contributed by atoms with E-state index in [1.807, 2.05) is 48.5 Å². The van der Waals surface area contributed by atoms with Crippen LogP contribution in [0.25, 0.3) is 100 Å². The number of hydrogen-bond acceptors (Lipinski definition) is 3. The van der Waals surface area contributed by atoms with E-state index >= 15 is 0 Å². The smallest absolute Gasteiger partial charge is 0.235 e. The van der Waals surface area contributed by atoms with Crippen LogP contribution in [0.2, 0.25) is 0 Å². The molecule has 0 unspecified atom stereocenters. The maximum atomic E-state index is 9.68. The predicted octanol–water partition coefficient (Wildman–Crippen LogP) is 13.2. The lowest BCUT2D eigenvalue weighted by Crippen LogP contribution is -2.04. The third-order valence-corrected chi connectivity index (χ3v) is 11.2. The highest BCUT2D eigenvalue weighted by Gasteiger charge is 2.18. The summed E-state index contributed by atoms with van der Waals surface area (Å²) < 4.78 is 4.52. The van der Waals surface area contributed by atoms with E-state index in [1.54, 1.807) is 0 Å². The SMILES string of the molecule is N#Cc1cccc(-c2cc(-c3ccccc3)nc(-n3c4ccccc4c4cc(-c5cccc(-c6ccc7c(c6)c6ccccc6n7-c6ccccc6)c5)ccc43)n2)c1. The summed E-state index contributed by atoms with van der Waals surface area (Å²) in [6, 6.07) is 72.1. The summed E-state index contributed by atoms with van der Waals surface area (Å²) >= 11 is 0. The maximum Gasteiger partial charge on any atom is 0.235 e. The van der Waals surface area contributed by atoms with Crippen LogP contribution in [0.4, 0.5) is 0 Å². The quantitative estimate of drug-likeness (QED) is 0.171. The van der Waals surface area contributed by atoms with Gasteiger partial charge in [-0.1, -0.05) is 127 Å². The highest BCUT2D eigenvalue weighted by atomic mass is 15.2. The lowest BCUT2D eigenvalue weighted by Gasteiger charge is -2.12. The van der Waals surface area contributed by atoms with Gasteiger partial charge in [-0.25, -0.2) is 9.97 Å². The van der Waals surface area contributed by atoms with Gasteiger partial charge in [0.05, 0.1) is 45.1 Å². The fourth-order valence-electron chi connectivity index (χ4n) is 8.44. The molecule has 270 valence electrons. The standard InChI is InChI=1S/C53H33N5/c54-34-35-13-11-18-41(29-35)48-33-47(36-14-3-1-4-15-36)55-53(56-48)58-50-24-10-8-22-44(50)46-32-40(26-28-52(46)58)38-17-12-16-37(30-38)39-25-27-51-45(31-39)43-21-7-9-23-49(43)57(51)42-19-5-2-6-20-42/h1-33H. The minimum absolute atomic E-state index is 0.573. The van der Waals surface area contributed by atoms with Gasteiger partial charge in [0, 0.05) is 38.4 Å². The van der Waals surface area contributed by atoms with Gasteiger partial charge in [-0.2, -0.15) is 5.26 Å². The highest BCUT2D eigenvalue weighted by molar-refractivity contribution is 6.11. The van der Waals surface area contributed by atoms with Crippen molar-refractivity contribution < 1.29 is 0 Å². The monoisotopic (exact) mass is 739 g/mol. The summed E-state index contributed by atoms with van der Waals surface area (Å²) in [5, 5.41) is 14.4. The molecule has 0 bridgehead atoms. The van der Waals surface area contributed by atoms with Crippen LogP contribution in [0.5, 0.6) is 0 Å². The Labute approximate surface area is 335 Å². The van der Waals surface area contributed by atoms with Crippen LogP contribution in [0, 0.1) is 11.3 Å². The first-order valence-electron chi connectivity index (χ1n) is 19.4. The van der Waals surface area contributed by atoms with Gasteiger partial charge in [0.2, 0.25) is 5.95 Å². The van der Waals surface area contributed by atoms with Gasteiger partial charge < -0.3 is 4.57 Å². The Balaban J connectivity index is 1.04. The molecular weight excluding hydrogens is 707 g/mol. The van der Waals surface area contributed by atoms with Crippen molar-refractivity contribution in [2.24, 2.45) is 0 Å². The molecule has 0 fully saturated rings. The van der Waals surface area contributed by atoms with E-state index < -0.39 is 0 Å². The molecule has 0 aliphatic rings. The van der Waals surface area contributed by atoms with Crippen molar-refractivity contribution in [3.05, 3.63) is 206 Å². The Morgan fingerprint density at radius 1 is 0.345 bits per heavy atom. The largest absolute Gasteiger partial charge is 0.309 e. The van der Waals surface area contributed by atoms with Crippen LogP contribution in [0.1, 0.15) is 5.56 Å². The minimum Gasteiger partial charge on any atom is -0.309 e. The van der Waals surface area contributed by atoms with E-state index in [1.165, 1.54) is 27.4 Å². The second-order valence-corrected chi connectivity index (χ2v) is 14.6. The van der Waals surface area contributed by atoms with Crippen molar-refractivity contribution in [1.29, 1.82) is 5.26 Å². The van der Waals surface area contributed by atoms with Crippen molar-refractivity contribution in [2.75, 3.05) is 0 Å². The molecule has 0 saturated heterocycles. The molecule has 0 amide bonds. The molecule has 11 rings (SSSR count). The van der Waals surface area contributed by atoms with Crippen LogP contribution in [-0.2, 0) is 0 Å². The summed E-state index contributed by atoms with van der Waals surface area (Å²) in [5.74, 6) is 0.573. The zero-order valence-electron chi connectivity index (χ0n) is 31.3. The zero-order valence-corrected chi connectivity index (χ0v) is 31.3. The van der Waals surface area contributed by atoms with E-state index in [2.05, 4.69) is 167 Å². The molecule has 5 heteroatoms. The molecule has 8 aromatic carbocycles.